The van der Waals surface area contributed by atoms with Crippen molar-refractivity contribution in [1.82, 2.24) is 0 Å². The molecule has 3 heteroatoms. The molecule has 0 bridgehead atoms. The fourth-order valence-corrected chi connectivity index (χ4v) is 2.66. The van der Waals surface area contributed by atoms with Crippen LogP contribution >= 0.6 is 0 Å². The number of carbonyl (C=O) groups is 1. The number of ether oxygens (including phenoxy) is 1. The zero-order valence-corrected chi connectivity index (χ0v) is 17.0. The third-order valence-electron chi connectivity index (χ3n) is 4.17. The van der Waals surface area contributed by atoms with Crippen LogP contribution in [0.3, 0.4) is 0 Å². The Morgan fingerprint density at radius 1 is 0.846 bits per heavy atom. The largest absolute Gasteiger partial charge is 0.479 e. The highest BCUT2D eigenvalue weighted by molar-refractivity contribution is 5.72. The van der Waals surface area contributed by atoms with Crippen LogP contribution in [0, 0.1) is 0 Å². The topological polar surface area (TPSA) is 46.5 Å². The Labute approximate surface area is 161 Å². The first-order chi connectivity index (χ1) is 12.7. The van der Waals surface area contributed by atoms with Crippen LogP contribution in [0.1, 0.15) is 90.9 Å². The summed E-state index contributed by atoms with van der Waals surface area (Å²) in [6, 6.07) is 0. The molecule has 0 aliphatic carbocycles. The Hall–Kier alpha value is -1.35. The summed E-state index contributed by atoms with van der Waals surface area (Å²) in [4.78, 5) is 11.1. The van der Waals surface area contributed by atoms with Crippen molar-refractivity contribution < 1.29 is 14.6 Å². The van der Waals surface area contributed by atoms with Gasteiger partial charge in [0, 0.05) is 6.61 Å². The molecular weight excluding hydrogens is 324 g/mol. The van der Waals surface area contributed by atoms with Crippen molar-refractivity contribution in [3.05, 3.63) is 36.5 Å². The fourth-order valence-electron chi connectivity index (χ4n) is 2.66. The summed E-state index contributed by atoms with van der Waals surface area (Å²) in [6.07, 6.45) is 25.6. The van der Waals surface area contributed by atoms with Gasteiger partial charge in [-0.2, -0.15) is 0 Å². The Morgan fingerprint density at radius 2 is 1.42 bits per heavy atom. The van der Waals surface area contributed by atoms with Crippen LogP contribution in [0.15, 0.2) is 36.5 Å². The predicted octanol–water partition coefficient (Wildman–Crippen LogP) is 6.85. The van der Waals surface area contributed by atoms with Crippen LogP contribution in [0.25, 0.3) is 0 Å². The number of unbranched alkanes of at least 4 members (excludes halogenated alkanes) is 6. The summed E-state index contributed by atoms with van der Waals surface area (Å²) in [5, 5.41) is 9.09. The third-order valence-corrected chi connectivity index (χ3v) is 4.17. The van der Waals surface area contributed by atoms with E-state index in [1.165, 1.54) is 25.7 Å². The van der Waals surface area contributed by atoms with Gasteiger partial charge < -0.3 is 9.84 Å². The second kappa shape index (κ2) is 20.0. The predicted molar refractivity (Wildman–Crippen MR) is 112 cm³/mol. The first kappa shape index (κ1) is 24.7. The van der Waals surface area contributed by atoms with E-state index >= 15 is 0 Å². The van der Waals surface area contributed by atoms with Crippen LogP contribution in [-0.4, -0.2) is 23.8 Å². The minimum Gasteiger partial charge on any atom is -0.479 e. The van der Waals surface area contributed by atoms with E-state index in [1.807, 2.05) is 6.92 Å². The van der Waals surface area contributed by atoms with E-state index in [-0.39, 0.29) is 0 Å². The van der Waals surface area contributed by atoms with E-state index in [1.54, 1.807) is 0 Å². The van der Waals surface area contributed by atoms with E-state index in [0.29, 0.717) is 13.0 Å². The van der Waals surface area contributed by atoms with Crippen LogP contribution < -0.4 is 0 Å². The molecule has 0 saturated heterocycles. The summed E-state index contributed by atoms with van der Waals surface area (Å²) in [5.41, 5.74) is 0. The number of carboxylic acid groups (broad SMARTS) is 1. The molecule has 3 nitrogen and oxygen atoms in total. The lowest BCUT2D eigenvalue weighted by molar-refractivity contribution is -0.150. The van der Waals surface area contributed by atoms with Crippen molar-refractivity contribution in [3.63, 3.8) is 0 Å². The molecule has 26 heavy (non-hydrogen) atoms. The van der Waals surface area contributed by atoms with Crippen molar-refractivity contribution in [2.24, 2.45) is 0 Å². The lowest BCUT2D eigenvalue weighted by atomic mass is 10.1. The molecule has 1 unspecified atom stereocenters. The maximum atomic E-state index is 11.1. The lowest BCUT2D eigenvalue weighted by Gasteiger charge is -2.12. The zero-order valence-electron chi connectivity index (χ0n) is 17.0. The molecule has 0 amide bonds. The van der Waals surface area contributed by atoms with Gasteiger partial charge >= 0.3 is 5.97 Å². The van der Waals surface area contributed by atoms with Gasteiger partial charge in [-0.25, -0.2) is 4.79 Å². The van der Waals surface area contributed by atoms with Gasteiger partial charge in [0.2, 0.25) is 0 Å². The normalized spacial score (nSPS) is 13.3. The SMILES string of the molecule is CCC=CCC=CCC=CCCCCCCCCC(OCCC)C(=O)O. The Morgan fingerprint density at radius 3 is 2.04 bits per heavy atom. The van der Waals surface area contributed by atoms with Gasteiger partial charge in [-0.3, -0.25) is 0 Å². The number of hydrogen-bond acceptors (Lipinski definition) is 2. The van der Waals surface area contributed by atoms with Crippen LogP contribution in [0.2, 0.25) is 0 Å². The molecular formula is C23H40O3. The monoisotopic (exact) mass is 364 g/mol. The van der Waals surface area contributed by atoms with Crippen molar-refractivity contribution in [3.8, 4) is 0 Å². The molecule has 0 heterocycles. The van der Waals surface area contributed by atoms with Crippen LogP contribution in [0.5, 0.6) is 0 Å². The Bertz CT molecular complexity index is 396. The molecule has 0 aromatic rings. The molecule has 0 spiro atoms. The average Bonchev–Trinajstić information content (AvgIpc) is 2.63. The quantitative estimate of drug-likeness (QED) is 0.214. The summed E-state index contributed by atoms with van der Waals surface area (Å²) < 4.78 is 5.36. The second-order valence-electron chi connectivity index (χ2n) is 6.69. The number of aliphatic carboxylic acids is 1. The number of hydrogen-bond donors (Lipinski definition) is 1. The van der Waals surface area contributed by atoms with E-state index in [4.69, 9.17) is 9.84 Å². The van der Waals surface area contributed by atoms with E-state index in [0.717, 1.165) is 44.9 Å². The van der Waals surface area contributed by atoms with Crippen molar-refractivity contribution in [2.45, 2.75) is 97.0 Å². The smallest absolute Gasteiger partial charge is 0.332 e. The fraction of sp³-hybridized carbons (Fsp3) is 0.696. The molecule has 0 aliphatic rings. The standard InChI is InChI=1S/C23H40O3/c1-3-5-6-7-8-9-10-11-12-13-14-15-16-17-18-19-20-22(23(24)25)26-21-4-2/h5-6,8-9,11-12,22H,3-4,7,10,13-21H2,1-2H3,(H,24,25). The molecule has 0 aliphatic heterocycles. The number of carboxylic acids is 1. The highest BCUT2D eigenvalue weighted by atomic mass is 16.5. The minimum absolute atomic E-state index is 0.538. The van der Waals surface area contributed by atoms with Gasteiger partial charge in [0.25, 0.3) is 0 Å². The zero-order chi connectivity index (χ0) is 19.3. The first-order valence-corrected chi connectivity index (χ1v) is 10.5. The molecule has 0 rings (SSSR count). The maximum absolute atomic E-state index is 11.1. The Balaban J connectivity index is 3.43. The molecule has 0 fully saturated rings. The van der Waals surface area contributed by atoms with Gasteiger partial charge in [-0.1, -0.05) is 82.4 Å². The van der Waals surface area contributed by atoms with Gasteiger partial charge in [0.1, 0.15) is 0 Å². The third kappa shape index (κ3) is 17.5. The summed E-state index contributed by atoms with van der Waals surface area (Å²) in [7, 11) is 0. The van der Waals surface area contributed by atoms with Gasteiger partial charge in [-0.05, 0) is 44.9 Å². The molecule has 0 aromatic carbocycles. The summed E-state index contributed by atoms with van der Waals surface area (Å²) >= 11 is 0. The van der Waals surface area contributed by atoms with E-state index in [9.17, 15) is 4.79 Å². The number of allylic oxidation sites excluding steroid dienone is 6. The highest BCUT2D eigenvalue weighted by Gasteiger charge is 2.16. The molecule has 0 aromatic heterocycles. The maximum Gasteiger partial charge on any atom is 0.332 e. The van der Waals surface area contributed by atoms with Crippen LogP contribution in [-0.2, 0) is 9.53 Å². The molecule has 150 valence electrons. The van der Waals surface area contributed by atoms with Crippen molar-refractivity contribution in [1.29, 1.82) is 0 Å². The van der Waals surface area contributed by atoms with Gasteiger partial charge in [-0.15, -0.1) is 0 Å². The first-order valence-electron chi connectivity index (χ1n) is 10.5. The van der Waals surface area contributed by atoms with Crippen molar-refractivity contribution in [2.75, 3.05) is 6.61 Å². The van der Waals surface area contributed by atoms with E-state index in [2.05, 4.69) is 43.4 Å². The van der Waals surface area contributed by atoms with Gasteiger partial charge in [0.15, 0.2) is 6.10 Å². The lowest BCUT2D eigenvalue weighted by Crippen LogP contribution is -2.24. The second-order valence-corrected chi connectivity index (χ2v) is 6.69. The average molecular weight is 365 g/mol. The molecule has 1 N–H and O–H groups in total. The van der Waals surface area contributed by atoms with Crippen LogP contribution in [0.4, 0.5) is 0 Å². The van der Waals surface area contributed by atoms with Gasteiger partial charge in [0.05, 0.1) is 0 Å². The summed E-state index contributed by atoms with van der Waals surface area (Å²) in [5.74, 6) is -0.822. The highest BCUT2D eigenvalue weighted by Crippen LogP contribution is 2.12. The molecule has 0 saturated carbocycles. The molecule has 0 radical (unpaired) electrons. The Kier molecular flexibility index (Phi) is 18.9. The van der Waals surface area contributed by atoms with E-state index < -0.39 is 12.1 Å². The number of rotatable bonds is 18. The summed E-state index contributed by atoms with van der Waals surface area (Å²) in [6.45, 7) is 4.69. The molecule has 1 atom stereocenters. The minimum atomic E-state index is -0.822. The van der Waals surface area contributed by atoms with Crippen molar-refractivity contribution >= 4 is 5.97 Å².